The topological polar surface area (TPSA) is 194 Å². The number of nitrogens with one attached hydrogen (secondary N) is 2. The van der Waals surface area contributed by atoms with Crippen molar-refractivity contribution in [2.24, 2.45) is 5.16 Å². The van der Waals surface area contributed by atoms with E-state index in [9.17, 15) is 29.5 Å². The van der Waals surface area contributed by atoms with Gasteiger partial charge in [-0.25, -0.2) is 14.3 Å². The van der Waals surface area contributed by atoms with Gasteiger partial charge in [0.2, 0.25) is 5.91 Å². The number of nitrogen functional groups attached to an aromatic ring is 1. The summed E-state index contributed by atoms with van der Waals surface area (Å²) in [4.78, 5) is 58.5. The van der Waals surface area contributed by atoms with Gasteiger partial charge in [-0.15, -0.1) is 23.1 Å². The van der Waals surface area contributed by atoms with Crippen LogP contribution in [0.2, 0.25) is 0 Å². The summed E-state index contributed by atoms with van der Waals surface area (Å²) in [6, 6.07) is 5.16. The third-order valence-electron chi connectivity index (χ3n) is 7.92. The zero-order valence-electron chi connectivity index (χ0n) is 22.8. The number of thiazole rings is 1. The first-order valence-corrected chi connectivity index (χ1v) is 15.5. The number of likely N-dealkylation sites (tertiary alicyclic amines) is 1. The number of hydrogen-bond donors (Lipinski definition) is 5. The molecule has 0 saturated carbocycles. The van der Waals surface area contributed by atoms with Crippen LogP contribution in [0.25, 0.3) is 0 Å². The fraction of sp³-hybridized carbons (Fsp3) is 0.370. The van der Waals surface area contributed by atoms with Crippen LogP contribution in [0.15, 0.2) is 64.0 Å². The Morgan fingerprint density at radius 2 is 2.07 bits per heavy atom. The van der Waals surface area contributed by atoms with Gasteiger partial charge >= 0.3 is 5.97 Å². The maximum absolute atomic E-state index is 13.4. The number of pyridine rings is 1. The highest BCUT2D eigenvalue weighted by Crippen LogP contribution is 2.41. The number of carboxylic acids is 1. The van der Waals surface area contributed by atoms with E-state index in [4.69, 9.17) is 5.73 Å². The summed E-state index contributed by atoms with van der Waals surface area (Å²) in [7, 11) is 0. The molecule has 3 fully saturated rings. The van der Waals surface area contributed by atoms with E-state index in [1.807, 2.05) is 35.5 Å². The first-order chi connectivity index (χ1) is 20.7. The van der Waals surface area contributed by atoms with Gasteiger partial charge in [0, 0.05) is 48.0 Å². The van der Waals surface area contributed by atoms with Gasteiger partial charge in [0.05, 0.1) is 6.04 Å². The summed E-state index contributed by atoms with van der Waals surface area (Å²) in [6.07, 6.45) is 6.92. The van der Waals surface area contributed by atoms with Gasteiger partial charge in [0.15, 0.2) is 29.8 Å². The van der Waals surface area contributed by atoms with Crippen LogP contribution in [0.4, 0.5) is 5.13 Å². The summed E-state index contributed by atoms with van der Waals surface area (Å²) in [6.45, 7) is 2.03. The van der Waals surface area contributed by atoms with Crippen LogP contribution < -0.4 is 20.9 Å². The van der Waals surface area contributed by atoms with Crippen molar-refractivity contribution in [1.29, 1.82) is 0 Å². The summed E-state index contributed by atoms with van der Waals surface area (Å²) in [5.74, 6) is -2.66. The van der Waals surface area contributed by atoms with E-state index in [1.165, 1.54) is 17.1 Å². The van der Waals surface area contributed by atoms with Crippen LogP contribution in [0.1, 0.15) is 18.5 Å². The second-order valence-corrected chi connectivity index (χ2v) is 12.5. The van der Waals surface area contributed by atoms with Gasteiger partial charge in [-0.2, -0.15) is 0 Å². The zero-order chi connectivity index (χ0) is 30.2. The lowest BCUT2D eigenvalue weighted by Gasteiger charge is -2.49. The van der Waals surface area contributed by atoms with Gasteiger partial charge in [0.1, 0.15) is 22.8 Å². The molecule has 6 N–H and O–H groups in total. The number of thioether (sulfide) groups is 1. The normalized spacial score (nSPS) is 26.6. The summed E-state index contributed by atoms with van der Waals surface area (Å²) < 4.78 is 2.11. The Kier molecular flexibility index (Phi) is 7.89. The number of allylic oxidation sites excluding steroid dienone is 1. The summed E-state index contributed by atoms with van der Waals surface area (Å²) in [5, 5.41) is 29.4. The van der Waals surface area contributed by atoms with E-state index in [0.717, 1.165) is 29.2 Å². The van der Waals surface area contributed by atoms with E-state index < -0.39 is 34.9 Å². The maximum atomic E-state index is 13.4. The van der Waals surface area contributed by atoms with Crippen LogP contribution in [-0.2, 0) is 25.7 Å². The lowest BCUT2D eigenvalue weighted by molar-refractivity contribution is -0.699. The lowest BCUT2D eigenvalue weighted by atomic mass is 10.0. The first-order valence-electron chi connectivity index (χ1n) is 13.6. The molecule has 43 heavy (non-hydrogen) atoms. The quantitative estimate of drug-likeness (QED) is 0.0639. The van der Waals surface area contributed by atoms with Crippen molar-refractivity contribution in [3.63, 3.8) is 0 Å². The van der Waals surface area contributed by atoms with Crippen LogP contribution >= 0.6 is 23.1 Å². The number of carbonyl (C=O) groups excluding carboxylic acids is 3. The van der Waals surface area contributed by atoms with Gasteiger partial charge in [0.25, 0.3) is 11.8 Å². The minimum absolute atomic E-state index is 0.0418. The third-order valence-corrected chi connectivity index (χ3v) is 9.90. The molecule has 0 aromatic carbocycles. The Labute approximate surface area is 253 Å². The number of fused-ring (bicyclic) bond motifs is 1. The standard InChI is InChI=1S/C27H28N8O6S2/c28-27-30-18(13-43-27)19(32-41)22(36)31-20-24(38)35-21(26(39)40)15(12-42-25(20)35)8-14-4-7-34(23(14)37)17-9-16(29-10-17)11-33-5-2-1-3-6-33/h1-3,5-6,8,13,16-17,20,25,29H,4,7,9-12H2,(H4-,28,30,31,36,39,40,41)/p+1/b14-8+/t16?,17?,20-,25-/m1/s1. The zero-order valence-corrected chi connectivity index (χ0v) is 24.4. The number of hydrogen-bond acceptors (Lipinski definition) is 11. The highest BCUT2D eigenvalue weighted by Gasteiger charge is 2.54. The van der Waals surface area contributed by atoms with Crippen molar-refractivity contribution < 1.29 is 34.1 Å². The molecule has 224 valence electrons. The number of aromatic nitrogens is 2. The molecule has 0 radical (unpaired) electrons. The molecule has 0 aliphatic carbocycles. The number of anilines is 1. The number of rotatable bonds is 8. The number of oxime groups is 1. The van der Waals surface area contributed by atoms with Crippen molar-refractivity contribution in [2.75, 3.05) is 24.6 Å². The largest absolute Gasteiger partial charge is 0.477 e. The second kappa shape index (κ2) is 11.8. The Morgan fingerprint density at radius 3 is 2.77 bits per heavy atom. The van der Waals surface area contributed by atoms with Gasteiger partial charge < -0.3 is 31.6 Å². The van der Waals surface area contributed by atoms with Gasteiger partial charge in [-0.05, 0) is 24.5 Å². The fourth-order valence-corrected chi connectivity index (χ4v) is 7.74. The Hall–Kier alpha value is -4.28. The molecule has 4 aliphatic heterocycles. The number of aliphatic carboxylic acids is 1. The molecule has 16 heteroatoms. The molecular weight excluding hydrogens is 596 g/mol. The SMILES string of the molecule is Nc1nc(/C(=N/O)C(=O)N[C@@H]2C(=O)N3C(C(=O)O)=C(/C=C4\CCN(C5CNC(C[n+]6ccccc6)C5)C4=O)CS[C@H]23)cs1. The average Bonchev–Trinajstić information content (AvgIpc) is 3.73. The van der Waals surface area contributed by atoms with Gasteiger partial charge in [-0.1, -0.05) is 11.2 Å². The molecule has 2 unspecified atom stereocenters. The number of β-lactam (4-membered cyclic amide) rings is 1. The van der Waals surface area contributed by atoms with E-state index in [1.54, 1.807) is 6.08 Å². The third kappa shape index (κ3) is 5.48. The Bertz CT molecular complexity index is 1570. The molecule has 14 nitrogen and oxygen atoms in total. The van der Waals surface area contributed by atoms with E-state index in [-0.39, 0.29) is 40.3 Å². The molecule has 6 heterocycles. The second-order valence-electron chi connectivity index (χ2n) is 10.5. The van der Waals surface area contributed by atoms with E-state index in [0.29, 0.717) is 30.7 Å². The van der Waals surface area contributed by atoms with Crippen molar-refractivity contribution in [3.05, 3.63) is 64.6 Å². The Balaban J connectivity index is 1.13. The molecular formula is C27H29N8O6S2+. The van der Waals surface area contributed by atoms with Crippen LogP contribution in [0.3, 0.4) is 0 Å². The molecule has 3 amide bonds. The maximum Gasteiger partial charge on any atom is 0.352 e. The smallest absolute Gasteiger partial charge is 0.352 e. The lowest BCUT2D eigenvalue weighted by Crippen LogP contribution is -2.71. The van der Waals surface area contributed by atoms with Crippen LogP contribution in [-0.4, -0.2) is 96.8 Å². The number of nitrogens with two attached hydrogens (primary N) is 1. The van der Waals surface area contributed by atoms with E-state index in [2.05, 4.69) is 25.3 Å². The monoisotopic (exact) mass is 625 g/mol. The van der Waals surface area contributed by atoms with Crippen LogP contribution in [0.5, 0.6) is 0 Å². The molecule has 3 saturated heterocycles. The highest BCUT2D eigenvalue weighted by atomic mass is 32.2. The molecule has 4 aliphatic rings. The van der Waals surface area contributed by atoms with Crippen molar-refractivity contribution in [3.8, 4) is 0 Å². The van der Waals surface area contributed by atoms with Crippen molar-refractivity contribution in [1.82, 2.24) is 25.4 Å². The first kappa shape index (κ1) is 28.8. The minimum atomic E-state index is -1.30. The minimum Gasteiger partial charge on any atom is -0.477 e. The number of carboxylic acid groups (broad SMARTS) is 1. The van der Waals surface area contributed by atoms with Crippen LogP contribution in [0, 0.1) is 0 Å². The molecule has 0 bridgehead atoms. The fourth-order valence-electron chi connectivity index (χ4n) is 5.88. The molecule has 0 spiro atoms. The molecule has 4 atom stereocenters. The van der Waals surface area contributed by atoms with Crippen molar-refractivity contribution in [2.45, 2.75) is 42.9 Å². The average molecular weight is 626 g/mol. The number of nitrogens with zero attached hydrogens (tertiary/aromatic N) is 5. The number of amides is 3. The summed E-state index contributed by atoms with van der Waals surface area (Å²) >= 11 is 2.33. The van der Waals surface area contributed by atoms with Crippen molar-refractivity contribution >= 4 is 57.6 Å². The predicted molar refractivity (Wildman–Crippen MR) is 156 cm³/mol. The molecule has 2 aromatic rings. The predicted octanol–water partition coefficient (Wildman–Crippen LogP) is -0.481. The Morgan fingerprint density at radius 1 is 1.28 bits per heavy atom. The molecule has 6 rings (SSSR count). The highest BCUT2D eigenvalue weighted by molar-refractivity contribution is 8.00. The number of carbonyl (C=O) groups is 4. The summed E-state index contributed by atoms with van der Waals surface area (Å²) in [5.41, 5.74) is 5.92. The van der Waals surface area contributed by atoms with Gasteiger partial charge in [-0.3, -0.25) is 19.3 Å². The molecule has 2 aromatic heterocycles. The van der Waals surface area contributed by atoms with E-state index >= 15 is 0 Å².